The summed E-state index contributed by atoms with van der Waals surface area (Å²) in [6.07, 6.45) is 1.73. The van der Waals surface area contributed by atoms with Gasteiger partial charge in [0.2, 0.25) is 0 Å². The molecule has 0 spiro atoms. The summed E-state index contributed by atoms with van der Waals surface area (Å²) < 4.78 is 2.24. The van der Waals surface area contributed by atoms with Crippen LogP contribution in [0.4, 0.5) is 5.69 Å². The Morgan fingerprint density at radius 3 is 2.53 bits per heavy atom. The first-order valence-electron chi connectivity index (χ1n) is 9.32. The molecule has 9 heteroatoms. The monoisotopic (exact) mass is 488 g/mol. The molecule has 30 heavy (non-hydrogen) atoms. The first-order chi connectivity index (χ1) is 14.3. The number of nitrogens with zero attached hydrogens (tertiary/aromatic N) is 1. The number of nitrogens with one attached hydrogen (secondary N) is 3. The lowest BCUT2D eigenvalue weighted by Crippen LogP contribution is -2.40. The lowest BCUT2D eigenvalue weighted by atomic mass is 10.2. The predicted octanol–water partition coefficient (Wildman–Crippen LogP) is 3.97. The summed E-state index contributed by atoms with van der Waals surface area (Å²) in [5.74, 6) is -2.02. The Morgan fingerprint density at radius 1 is 1.07 bits per heavy atom. The molecule has 1 aliphatic carbocycles. The molecule has 0 atom stereocenters. The second-order valence-electron chi connectivity index (χ2n) is 7.17. The van der Waals surface area contributed by atoms with Crippen molar-refractivity contribution in [1.82, 2.24) is 9.99 Å². The molecule has 3 N–H and O–H groups in total. The summed E-state index contributed by atoms with van der Waals surface area (Å²) in [4.78, 5) is 37.5. The van der Waals surface area contributed by atoms with Crippen molar-refractivity contribution in [2.24, 2.45) is 0 Å². The van der Waals surface area contributed by atoms with E-state index in [0.717, 1.165) is 22.9 Å². The second kappa shape index (κ2) is 8.12. The van der Waals surface area contributed by atoms with Gasteiger partial charge in [-0.2, -0.15) is 0 Å². The van der Waals surface area contributed by atoms with Gasteiger partial charge in [0, 0.05) is 26.6 Å². The van der Waals surface area contributed by atoms with Crippen LogP contribution in [-0.4, -0.2) is 28.4 Å². The molecule has 1 heterocycles. The maximum atomic E-state index is 13.0. The van der Waals surface area contributed by atoms with Gasteiger partial charge in [-0.05, 0) is 67.8 Å². The first kappa shape index (κ1) is 20.4. The van der Waals surface area contributed by atoms with Crippen LogP contribution in [0.1, 0.15) is 28.9 Å². The van der Waals surface area contributed by atoms with Gasteiger partial charge in [-0.1, -0.05) is 27.5 Å². The molecule has 0 radical (unpaired) electrons. The number of benzene rings is 2. The fourth-order valence-corrected chi connectivity index (χ4v) is 3.45. The highest BCUT2D eigenvalue weighted by Gasteiger charge is 2.27. The summed E-state index contributed by atoms with van der Waals surface area (Å²) in [5.41, 5.74) is 4.81. The van der Waals surface area contributed by atoms with E-state index in [0.29, 0.717) is 21.6 Å². The molecule has 3 amide bonds. The number of amides is 3. The Kier molecular flexibility index (Phi) is 5.53. The molecule has 154 valence electrons. The SMILES string of the molecule is Cc1cc(NC(=O)c2cc3cc(Cl)ccc3n2NC(=O)C(=O)NC2CC2)ccc1Br. The molecule has 0 unspecified atom stereocenters. The Morgan fingerprint density at radius 2 is 1.83 bits per heavy atom. The van der Waals surface area contributed by atoms with Gasteiger partial charge in [-0.3, -0.25) is 19.8 Å². The highest BCUT2D eigenvalue weighted by atomic mass is 79.9. The Hall–Kier alpha value is -2.84. The molecule has 1 fully saturated rings. The summed E-state index contributed by atoms with van der Waals surface area (Å²) >= 11 is 9.51. The van der Waals surface area contributed by atoms with E-state index in [2.05, 4.69) is 32.0 Å². The number of hydrogen-bond donors (Lipinski definition) is 3. The average Bonchev–Trinajstić information content (AvgIpc) is 3.44. The van der Waals surface area contributed by atoms with Gasteiger partial charge >= 0.3 is 11.8 Å². The van der Waals surface area contributed by atoms with E-state index >= 15 is 0 Å². The van der Waals surface area contributed by atoms with Crippen molar-refractivity contribution in [3.63, 3.8) is 0 Å². The lowest BCUT2D eigenvalue weighted by molar-refractivity contribution is -0.136. The van der Waals surface area contributed by atoms with Crippen LogP contribution in [0.15, 0.2) is 46.9 Å². The van der Waals surface area contributed by atoms with Crippen molar-refractivity contribution >= 4 is 61.8 Å². The van der Waals surface area contributed by atoms with Crippen LogP contribution in [0.3, 0.4) is 0 Å². The molecule has 4 rings (SSSR count). The number of carbonyl (C=O) groups excluding carboxylic acids is 3. The Balaban J connectivity index is 1.66. The minimum atomic E-state index is -0.845. The predicted molar refractivity (Wildman–Crippen MR) is 119 cm³/mol. The summed E-state index contributed by atoms with van der Waals surface area (Å²) in [6.45, 7) is 1.91. The third kappa shape index (κ3) is 4.34. The molecule has 1 aliphatic rings. The minimum absolute atomic E-state index is 0.0480. The van der Waals surface area contributed by atoms with Crippen LogP contribution in [-0.2, 0) is 9.59 Å². The maximum absolute atomic E-state index is 13.0. The summed E-state index contributed by atoms with van der Waals surface area (Å²) in [7, 11) is 0. The quantitative estimate of drug-likeness (QED) is 0.484. The van der Waals surface area contributed by atoms with Gasteiger partial charge in [0.1, 0.15) is 5.69 Å². The topological polar surface area (TPSA) is 92.2 Å². The standard InChI is InChI=1S/C21H18BrClN4O3/c1-11-8-15(5-6-16(11)22)25-19(28)18-10-12-9-13(23)2-7-17(12)27(18)26-21(30)20(29)24-14-3-4-14/h2,5-10,14H,3-4H2,1H3,(H,24,29)(H,25,28)(H,26,30). The molecular weight excluding hydrogens is 472 g/mol. The summed E-state index contributed by atoms with van der Waals surface area (Å²) in [5, 5.41) is 6.60. The normalized spacial score (nSPS) is 13.2. The van der Waals surface area contributed by atoms with Crippen LogP contribution in [0.5, 0.6) is 0 Å². The number of hydrogen-bond acceptors (Lipinski definition) is 3. The van der Waals surface area contributed by atoms with E-state index in [1.807, 2.05) is 19.1 Å². The van der Waals surface area contributed by atoms with E-state index in [9.17, 15) is 14.4 Å². The molecule has 3 aromatic rings. The fourth-order valence-electron chi connectivity index (χ4n) is 3.02. The minimum Gasteiger partial charge on any atom is -0.345 e. The number of anilines is 1. The smallest absolute Gasteiger partial charge is 0.328 e. The van der Waals surface area contributed by atoms with Gasteiger partial charge < -0.3 is 10.6 Å². The number of carbonyl (C=O) groups is 3. The Bertz CT molecular complexity index is 1190. The van der Waals surface area contributed by atoms with E-state index in [4.69, 9.17) is 11.6 Å². The van der Waals surface area contributed by atoms with E-state index in [1.165, 1.54) is 4.68 Å². The summed E-state index contributed by atoms with van der Waals surface area (Å²) in [6, 6.07) is 12.1. The van der Waals surface area contributed by atoms with Crippen LogP contribution in [0, 0.1) is 6.92 Å². The van der Waals surface area contributed by atoms with Crippen molar-refractivity contribution in [3.8, 4) is 0 Å². The average molecular weight is 490 g/mol. The van der Waals surface area contributed by atoms with Gasteiger partial charge in [0.25, 0.3) is 5.91 Å². The highest BCUT2D eigenvalue weighted by Crippen LogP contribution is 2.25. The first-order valence-corrected chi connectivity index (χ1v) is 10.5. The third-order valence-corrected chi connectivity index (χ3v) is 5.87. The van der Waals surface area contributed by atoms with Gasteiger partial charge in [0.15, 0.2) is 0 Å². The van der Waals surface area contributed by atoms with Crippen LogP contribution >= 0.6 is 27.5 Å². The van der Waals surface area contributed by atoms with Crippen LogP contribution < -0.4 is 16.1 Å². The van der Waals surface area contributed by atoms with E-state index in [1.54, 1.807) is 30.3 Å². The number of aryl methyl sites for hydroxylation is 1. The third-order valence-electron chi connectivity index (χ3n) is 4.74. The maximum Gasteiger partial charge on any atom is 0.328 e. The number of halogens is 2. The molecular formula is C21H18BrClN4O3. The van der Waals surface area contributed by atoms with Crippen molar-refractivity contribution in [2.75, 3.05) is 10.7 Å². The van der Waals surface area contributed by atoms with Gasteiger partial charge in [-0.25, -0.2) is 4.68 Å². The highest BCUT2D eigenvalue weighted by molar-refractivity contribution is 9.10. The van der Waals surface area contributed by atoms with Gasteiger partial charge in [0.05, 0.1) is 5.52 Å². The molecule has 2 aromatic carbocycles. The van der Waals surface area contributed by atoms with Crippen molar-refractivity contribution in [2.45, 2.75) is 25.8 Å². The molecule has 0 bridgehead atoms. The van der Waals surface area contributed by atoms with Crippen molar-refractivity contribution in [3.05, 3.63) is 63.2 Å². The molecule has 1 aromatic heterocycles. The van der Waals surface area contributed by atoms with E-state index < -0.39 is 17.7 Å². The number of fused-ring (bicyclic) bond motifs is 1. The number of rotatable bonds is 4. The molecule has 1 saturated carbocycles. The zero-order valence-electron chi connectivity index (χ0n) is 16.0. The lowest BCUT2D eigenvalue weighted by Gasteiger charge is -2.13. The van der Waals surface area contributed by atoms with Crippen molar-refractivity contribution < 1.29 is 14.4 Å². The fraction of sp³-hybridized carbons (Fsp3) is 0.190. The molecule has 0 saturated heterocycles. The zero-order chi connectivity index (χ0) is 21.4. The largest absolute Gasteiger partial charge is 0.345 e. The van der Waals surface area contributed by atoms with E-state index in [-0.39, 0.29) is 11.7 Å². The van der Waals surface area contributed by atoms with Crippen molar-refractivity contribution in [1.29, 1.82) is 0 Å². The molecule has 7 nitrogen and oxygen atoms in total. The van der Waals surface area contributed by atoms with Crippen LogP contribution in [0.25, 0.3) is 10.9 Å². The Labute approximate surface area is 185 Å². The zero-order valence-corrected chi connectivity index (χ0v) is 18.3. The molecule has 0 aliphatic heterocycles. The second-order valence-corrected chi connectivity index (χ2v) is 8.47. The van der Waals surface area contributed by atoms with Gasteiger partial charge in [-0.15, -0.1) is 0 Å². The van der Waals surface area contributed by atoms with Crippen LogP contribution in [0.2, 0.25) is 5.02 Å². The number of aromatic nitrogens is 1.